The fourth-order valence-corrected chi connectivity index (χ4v) is 2.46. The van der Waals surface area contributed by atoms with E-state index in [-0.39, 0.29) is 5.91 Å². The number of amides is 1. The van der Waals surface area contributed by atoms with Crippen LogP contribution in [-0.4, -0.2) is 64.5 Å². The molecular weight excluding hydrogens is 246 g/mol. The van der Waals surface area contributed by atoms with Gasteiger partial charge in [-0.15, -0.1) is 0 Å². The van der Waals surface area contributed by atoms with Gasteiger partial charge in [0.1, 0.15) is 6.04 Å². The van der Waals surface area contributed by atoms with Crippen molar-refractivity contribution >= 4 is 11.9 Å². The van der Waals surface area contributed by atoms with Crippen LogP contribution in [0, 0.1) is 0 Å². The number of piperazine rings is 1. The molecule has 1 rings (SSSR count). The summed E-state index contributed by atoms with van der Waals surface area (Å²) in [5.74, 6) is -0.855. The Balaban J connectivity index is 2.54. The first-order valence-corrected chi connectivity index (χ1v) is 6.84. The SMILES string of the molecule is CCCC(C)(N)C(=O)N1CCN(C(C)C(=O)O)CC1. The Morgan fingerprint density at radius 2 is 1.84 bits per heavy atom. The van der Waals surface area contributed by atoms with Crippen molar-refractivity contribution < 1.29 is 14.7 Å². The first-order valence-electron chi connectivity index (χ1n) is 6.84. The van der Waals surface area contributed by atoms with Gasteiger partial charge in [-0.3, -0.25) is 14.5 Å². The zero-order valence-electron chi connectivity index (χ0n) is 12.1. The average molecular weight is 271 g/mol. The molecule has 0 aromatic carbocycles. The van der Waals surface area contributed by atoms with Crippen LogP contribution in [0.1, 0.15) is 33.6 Å². The lowest BCUT2D eigenvalue weighted by atomic mass is 9.95. The van der Waals surface area contributed by atoms with Crippen molar-refractivity contribution in [3.8, 4) is 0 Å². The van der Waals surface area contributed by atoms with E-state index in [9.17, 15) is 9.59 Å². The van der Waals surface area contributed by atoms with Crippen molar-refractivity contribution in [3.63, 3.8) is 0 Å². The number of carboxylic acids is 1. The predicted octanol–water partition coefficient (Wildman–Crippen LogP) is 0.121. The maximum Gasteiger partial charge on any atom is 0.320 e. The lowest BCUT2D eigenvalue weighted by molar-refractivity contribution is -0.145. The molecule has 110 valence electrons. The maximum atomic E-state index is 12.3. The van der Waals surface area contributed by atoms with Gasteiger partial charge in [0.25, 0.3) is 0 Å². The molecular formula is C13H25N3O3. The van der Waals surface area contributed by atoms with Crippen LogP contribution in [0.25, 0.3) is 0 Å². The van der Waals surface area contributed by atoms with Gasteiger partial charge >= 0.3 is 5.97 Å². The third-order valence-electron chi connectivity index (χ3n) is 3.76. The van der Waals surface area contributed by atoms with Crippen LogP contribution in [0.2, 0.25) is 0 Å². The Labute approximate surface area is 114 Å². The molecule has 2 unspecified atom stereocenters. The van der Waals surface area contributed by atoms with E-state index in [1.54, 1.807) is 18.7 Å². The summed E-state index contributed by atoms with van der Waals surface area (Å²) < 4.78 is 0. The Bertz CT molecular complexity index is 336. The van der Waals surface area contributed by atoms with Crippen molar-refractivity contribution in [1.29, 1.82) is 0 Å². The monoisotopic (exact) mass is 271 g/mol. The smallest absolute Gasteiger partial charge is 0.320 e. The van der Waals surface area contributed by atoms with Gasteiger partial charge in [-0.25, -0.2) is 0 Å². The Hall–Kier alpha value is -1.14. The number of hydrogen-bond acceptors (Lipinski definition) is 4. The minimum Gasteiger partial charge on any atom is -0.480 e. The van der Waals surface area contributed by atoms with E-state index in [0.717, 1.165) is 6.42 Å². The number of hydrogen-bond donors (Lipinski definition) is 2. The highest BCUT2D eigenvalue weighted by molar-refractivity contribution is 5.85. The van der Waals surface area contributed by atoms with Crippen LogP contribution in [-0.2, 0) is 9.59 Å². The average Bonchev–Trinajstić information content (AvgIpc) is 2.37. The molecule has 0 spiro atoms. The molecule has 1 aliphatic heterocycles. The molecule has 1 saturated heterocycles. The topological polar surface area (TPSA) is 86.9 Å². The molecule has 0 aliphatic carbocycles. The van der Waals surface area contributed by atoms with E-state index in [1.807, 2.05) is 11.8 Å². The molecule has 0 aromatic rings. The summed E-state index contributed by atoms with van der Waals surface area (Å²) in [6.07, 6.45) is 1.53. The standard InChI is InChI=1S/C13H25N3O3/c1-4-5-13(3,14)12(19)16-8-6-15(7-9-16)10(2)11(17)18/h10H,4-9,14H2,1-3H3,(H,17,18). The summed E-state index contributed by atoms with van der Waals surface area (Å²) in [4.78, 5) is 26.8. The van der Waals surface area contributed by atoms with Crippen molar-refractivity contribution in [2.45, 2.75) is 45.2 Å². The van der Waals surface area contributed by atoms with Gasteiger partial charge in [0.2, 0.25) is 5.91 Å². The Morgan fingerprint density at radius 3 is 2.26 bits per heavy atom. The van der Waals surface area contributed by atoms with Gasteiger partial charge in [0.15, 0.2) is 0 Å². The molecule has 0 radical (unpaired) electrons. The highest BCUT2D eigenvalue weighted by Crippen LogP contribution is 2.15. The van der Waals surface area contributed by atoms with E-state index in [2.05, 4.69) is 0 Å². The zero-order chi connectivity index (χ0) is 14.6. The largest absolute Gasteiger partial charge is 0.480 e. The van der Waals surface area contributed by atoms with Crippen LogP contribution in [0.3, 0.4) is 0 Å². The number of aliphatic carboxylic acids is 1. The Morgan fingerprint density at radius 1 is 1.32 bits per heavy atom. The van der Waals surface area contributed by atoms with Gasteiger partial charge in [-0.2, -0.15) is 0 Å². The number of nitrogens with zero attached hydrogens (tertiary/aromatic N) is 2. The van der Waals surface area contributed by atoms with Gasteiger partial charge in [0.05, 0.1) is 5.54 Å². The number of rotatable bonds is 5. The molecule has 2 atom stereocenters. The lowest BCUT2D eigenvalue weighted by Crippen LogP contribution is -2.59. The Kier molecular flexibility index (Phi) is 5.31. The molecule has 1 aliphatic rings. The highest BCUT2D eigenvalue weighted by Gasteiger charge is 2.34. The van der Waals surface area contributed by atoms with Crippen LogP contribution >= 0.6 is 0 Å². The van der Waals surface area contributed by atoms with Crippen molar-refractivity contribution in [3.05, 3.63) is 0 Å². The molecule has 6 heteroatoms. The normalized spacial score (nSPS) is 21.8. The zero-order valence-corrected chi connectivity index (χ0v) is 12.1. The molecule has 0 aromatic heterocycles. The first kappa shape index (κ1) is 15.9. The van der Waals surface area contributed by atoms with E-state index in [1.165, 1.54) is 0 Å². The first-order chi connectivity index (χ1) is 8.79. The number of carbonyl (C=O) groups is 2. The molecule has 0 saturated carbocycles. The molecule has 1 fully saturated rings. The number of nitrogens with two attached hydrogens (primary N) is 1. The summed E-state index contributed by atoms with van der Waals surface area (Å²) in [6.45, 7) is 7.71. The lowest BCUT2D eigenvalue weighted by Gasteiger charge is -2.39. The molecule has 1 heterocycles. The van der Waals surface area contributed by atoms with Crippen molar-refractivity contribution in [2.24, 2.45) is 5.73 Å². The van der Waals surface area contributed by atoms with Crippen LogP contribution in [0.15, 0.2) is 0 Å². The third-order valence-corrected chi connectivity index (χ3v) is 3.76. The van der Waals surface area contributed by atoms with E-state index < -0.39 is 17.6 Å². The second-order valence-electron chi connectivity index (χ2n) is 5.51. The summed E-state index contributed by atoms with van der Waals surface area (Å²) >= 11 is 0. The van der Waals surface area contributed by atoms with Crippen molar-refractivity contribution in [1.82, 2.24) is 9.80 Å². The van der Waals surface area contributed by atoms with Crippen molar-refractivity contribution in [2.75, 3.05) is 26.2 Å². The fraction of sp³-hybridized carbons (Fsp3) is 0.846. The van der Waals surface area contributed by atoms with E-state index in [0.29, 0.717) is 32.6 Å². The predicted molar refractivity (Wildman–Crippen MR) is 72.8 cm³/mol. The highest BCUT2D eigenvalue weighted by atomic mass is 16.4. The van der Waals surface area contributed by atoms with Gasteiger partial charge < -0.3 is 15.7 Å². The van der Waals surface area contributed by atoms with E-state index >= 15 is 0 Å². The summed E-state index contributed by atoms with van der Waals surface area (Å²) in [7, 11) is 0. The quantitative estimate of drug-likeness (QED) is 0.741. The number of carbonyl (C=O) groups excluding carboxylic acids is 1. The second-order valence-corrected chi connectivity index (χ2v) is 5.51. The molecule has 19 heavy (non-hydrogen) atoms. The van der Waals surface area contributed by atoms with Gasteiger partial charge in [-0.05, 0) is 20.3 Å². The third kappa shape index (κ3) is 3.91. The van der Waals surface area contributed by atoms with Crippen LogP contribution in [0.5, 0.6) is 0 Å². The molecule has 6 nitrogen and oxygen atoms in total. The molecule has 1 amide bonds. The molecule has 0 bridgehead atoms. The van der Waals surface area contributed by atoms with Crippen LogP contribution < -0.4 is 5.73 Å². The minimum atomic E-state index is -0.825. The summed E-state index contributed by atoms with van der Waals surface area (Å²) in [5.41, 5.74) is 5.24. The number of carboxylic acid groups (broad SMARTS) is 1. The minimum absolute atomic E-state index is 0.0306. The van der Waals surface area contributed by atoms with Gasteiger partial charge in [0, 0.05) is 26.2 Å². The van der Waals surface area contributed by atoms with Crippen LogP contribution in [0.4, 0.5) is 0 Å². The van der Waals surface area contributed by atoms with E-state index in [4.69, 9.17) is 10.8 Å². The fourth-order valence-electron chi connectivity index (χ4n) is 2.46. The summed E-state index contributed by atoms with van der Waals surface area (Å²) in [6, 6.07) is -0.503. The summed E-state index contributed by atoms with van der Waals surface area (Å²) in [5, 5.41) is 8.97. The second kappa shape index (κ2) is 6.34. The van der Waals surface area contributed by atoms with Gasteiger partial charge in [-0.1, -0.05) is 13.3 Å². The maximum absolute atomic E-state index is 12.3. The molecule has 3 N–H and O–H groups in total.